The van der Waals surface area contributed by atoms with E-state index in [1.165, 1.54) is 19.2 Å². The highest BCUT2D eigenvalue weighted by molar-refractivity contribution is 7.71. The quantitative estimate of drug-likeness (QED) is 0.632. The summed E-state index contributed by atoms with van der Waals surface area (Å²) in [6.07, 6.45) is -2.52. The van der Waals surface area contributed by atoms with Crippen molar-refractivity contribution in [3.63, 3.8) is 0 Å². The highest BCUT2D eigenvalue weighted by atomic mass is 32.1. The fraction of sp³-hybridized carbons (Fsp3) is 0.571. The lowest BCUT2D eigenvalue weighted by Crippen LogP contribution is -2.45. The molecule has 4 atom stereocenters. The van der Waals surface area contributed by atoms with E-state index in [1.807, 2.05) is 0 Å². The first-order valence-corrected chi connectivity index (χ1v) is 7.50. The fourth-order valence-electron chi connectivity index (χ4n) is 2.52. The minimum Gasteiger partial charge on any atom is -0.463 e. The second-order valence-corrected chi connectivity index (χ2v) is 5.97. The van der Waals surface area contributed by atoms with Gasteiger partial charge in [0.25, 0.3) is 0 Å². The molecular weight excluding hydrogens is 343 g/mol. The Hall–Kier alpha value is -2.07. The van der Waals surface area contributed by atoms with Gasteiger partial charge in [0.2, 0.25) is 0 Å². The van der Waals surface area contributed by atoms with Gasteiger partial charge < -0.3 is 14.2 Å². The smallest absolute Gasteiger partial charge is 0.328 e. The zero-order chi connectivity index (χ0) is 18.1. The number of nitrogens with one attached hydrogen (secondary N) is 1. The van der Waals surface area contributed by atoms with Gasteiger partial charge in [-0.2, -0.15) is 0 Å². The molecule has 132 valence electrons. The van der Waals surface area contributed by atoms with Crippen molar-refractivity contribution < 1.29 is 28.2 Å². The van der Waals surface area contributed by atoms with Crippen molar-refractivity contribution in [2.75, 3.05) is 6.61 Å². The first-order valence-electron chi connectivity index (χ1n) is 7.09. The average Bonchev–Trinajstić information content (AvgIpc) is 2.68. The Bertz CT molecular complexity index is 758. The van der Waals surface area contributed by atoms with Crippen LogP contribution in [0.3, 0.4) is 0 Å². The Balaban J connectivity index is 2.38. The molecule has 2 heterocycles. The van der Waals surface area contributed by atoms with Crippen molar-refractivity contribution in [3.8, 4) is 0 Å². The van der Waals surface area contributed by atoms with Gasteiger partial charge in [0, 0.05) is 20.0 Å². The largest absolute Gasteiger partial charge is 0.463 e. The number of hydrogen-bond donors (Lipinski definition) is 1. The molecule has 0 aliphatic carbocycles. The standard InChI is InChI=1S/C14H17FN2O6S/c1-7(18)21-6-9-11(22-8(2)19)14(3,15)12(23-9)17-5-4-10(24)16-13(17)20/h4-5,9,11-12H,6H2,1-3H3,(H,16,20,24)/t9?,11-,12+,14?/m0/s1. The van der Waals surface area contributed by atoms with E-state index in [9.17, 15) is 14.4 Å². The SMILES string of the molecule is CC(=O)OCC1O[C@@H](n2ccc(=S)[nH]c2=O)C(C)(F)[C@H]1OC(C)=O. The van der Waals surface area contributed by atoms with Crippen LogP contribution in [0.15, 0.2) is 17.1 Å². The molecule has 0 saturated carbocycles. The van der Waals surface area contributed by atoms with Gasteiger partial charge in [0.15, 0.2) is 18.0 Å². The van der Waals surface area contributed by atoms with E-state index in [-0.39, 0.29) is 11.2 Å². The summed E-state index contributed by atoms with van der Waals surface area (Å²) in [5, 5.41) is 0. The first-order chi connectivity index (χ1) is 11.1. The molecule has 0 amide bonds. The molecule has 8 nitrogen and oxygen atoms in total. The number of alkyl halides is 1. The van der Waals surface area contributed by atoms with Crippen LogP contribution in [-0.4, -0.2) is 46.0 Å². The van der Waals surface area contributed by atoms with Gasteiger partial charge in [-0.1, -0.05) is 12.2 Å². The molecule has 1 aromatic heterocycles. The zero-order valence-electron chi connectivity index (χ0n) is 13.3. The Morgan fingerprint density at radius 1 is 1.46 bits per heavy atom. The number of aromatic nitrogens is 2. The van der Waals surface area contributed by atoms with Crippen molar-refractivity contribution in [1.82, 2.24) is 9.55 Å². The number of nitrogens with zero attached hydrogens (tertiary/aromatic N) is 1. The van der Waals surface area contributed by atoms with Crippen LogP contribution in [0.4, 0.5) is 4.39 Å². The van der Waals surface area contributed by atoms with Gasteiger partial charge in [-0.25, -0.2) is 9.18 Å². The van der Waals surface area contributed by atoms with Gasteiger partial charge in [-0.05, 0) is 13.0 Å². The molecule has 0 aromatic carbocycles. The molecule has 24 heavy (non-hydrogen) atoms. The molecule has 0 bridgehead atoms. The maximum absolute atomic E-state index is 15.3. The molecular formula is C14H17FN2O6S. The first kappa shape index (κ1) is 18.3. The molecule has 1 aliphatic rings. The summed E-state index contributed by atoms with van der Waals surface area (Å²) in [7, 11) is 0. The van der Waals surface area contributed by atoms with Gasteiger partial charge >= 0.3 is 17.6 Å². The molecule has 1 saturated heterocycles. The molecule has 2 rings (SSSR count). The van der Waals surface area contributed by atoms with Crippen molar-refractivity contribution in [3.05, 3.63) is 27.4 Å². The Morgan fingerprint density at radius 3 is 2.67 bits per heavy atom. The summed E-state index contributed by atoms with van der Waals surface area (Å²) >= 11 is 4.83. The van der Waals surface area contributed by atoms with Crippen molar-refractivity contribution in [2.45, 2.75) is 44.9 Å². The van der Waals surface area contributed by atoms with Crippen molar-refractivity contribution in [1.29, 1.82) is 0 Å². The lowest BCUT2D eigenvalue weighted by molar-refractivity contribution is -0.158. The molecule has 0 spiro atoms. The predicted molar refractivity (Wildman–Crippen MR) is 81.5 cm³/mol. The van der Waals surface area contributed by atoms with E-state index >= 15 is 4.39 Å². The Labute approximate surface area is 141 Å². The lowest BCUT2D eigenvalue weighted by Gasteiger charge is -2.27. The van der Waals surface area contributed by atoms with Crippen LogP contribution in [-0.2, 0) is 23.8 Å². The molecule has 1 aliphatic heterocycles. The summed E-state index contributed by atoms with van der Waals surface area (Å²) in [4.78, 5) is 36.6. The lowest BCUT2D eigenvalue weighted by atomic mass is 9.98. The van der Waals surface area contributed by atoms with Crippen molar-refractivity contribution in [2.24, 2.45) is 0 Å². The number of ether oxygens (including phenoxy) is 3. The number of carbonyl (C=O) groups excluding carboxylic acids is 2. The van der Waals surface area contributed by atoms with Crippen LogP contribution >= 0.6 is 12.2 Å². The summed E-state index contributed by atoms with van der Waals surface area (Å²) in [6, 6.07) is 1.40. The summed E-state index contributed by atoms with van der Waals surface area (Å²) in [6.45, 7) is 3.13. The van der Waals surface area contributed by atoms with E-state index in [4.69, 9.17) is 26.4 Å². The van der Waals surface area contributed by atoms with Crippen LogP contribution < -0.4 is 5.69 Å². The van der Waals surface area contributed by atoms with E-state index in [2.05, 4.69) is 4.98 Å². The monoisotopic (exact) mass is 360 g/mol. The number of esters is 2. The second-order valence-electron chi connectivity index (χ2n) is 5.53. The molecule has 1 N–H and O–H groups in total. The van der Waals surface area contributed by atoms with E-state index in [1.54, 1.807) is 0 Å². The van der Waals surface area contributed by atoms with E-state index in [0.717, 1.165) is 18.4 Å². The molecule has 1 fully saturated rings. The molecule has 10 heteroatoms. The summed E-state index contributed by atoms with van der Waals surface area (Å²) in [5.41, 5.74) is -2.91. The minimum atomic E-state index is -2.24. The summed E-state index contributed by atoms with van der Waals surface area (Å²) < 4.78 is 31.8. The van der Waals surface area contributed by atoms with E-state index in [0.29, 0.717) is 0 Å². The number of hydrogen-bond acceptors (Lipinski definition) is 7. The Kier molecular flexibility index (Phi) is 5.19. The van der Waals surface area contributed by atoms with Gasteiger partial charge in [-0.3, -0.25) is 19.1 Å². The fourth-order valence-corrected chi connectivity index (χ4v) is 2.67. The maximum Gasteiger partial charge on any atom is 0.328 e. The van der Waals surface area contributed by atoms with E-state index < -0.39 is 41.7 Å². The highest BCUT2D eigenvalue weighted by Gasteiger charge is 2.58. The highest BCUT2D eigenvalue weighted by Crippen LogP contribution is 2.42. The normalized spacial score (nSPS) is 29.2. The maximum atomic E-state index is 15.3. The van der Waals surface area contributed by atoms with Crippen LogP contribution in [0.25, 0.3) is 0 Å². The number of H-pyrrole nitrogens is 1. The number of carbonyl (C=O) groups is 2. The third-order valence-corrected chi connectivity index (χ3v) is 3.77. The van der Waals surface area contributed by atoms with Gasteiger partial charge in [-0.15, -0.1) is 0 Å². The van der Waals surface area contributed by atoms with Crippen LogP contribution in [0.5, 0.6) is 0 Å². The van der Waals surface area contributed by atoms with Crippen LogP contribution in [0.1, 0.15) is 27.0 Å². The Morgan fingerprint density at radius 2 is 2.12 bits per heavy atom. The number of halogens is 1. The molecule has 2 unspecified atom stereocenters. The van der Waals surface area contributed by atoms with Crippen LogP contribution in [0, 0.1) is 4.64 Å². The molecule has 1 aromatic rings. The van der Waals surface area contributed by atoms with Gasteiger partial charge in [0.05, 0.1) is 0 Å². The predicted octanol–water partition coefficient (Wildman–Crippen LogP) is 1.03. The third-order valence-electron chi connectivity index (χ3n) is 3.53. The number of rotatable bonds is 4. The number of aromatic amines is 1. The summed E-state index contributed by atoms with van der Waals surface area (Å²) in [5.74, 6) is -1.31. The zero-order valence-corrected chi connectivity index (χ0v) is 14.1. The second kappa shape index (κ2) is 6.81. The van der Waals surface area contributed by atoms with Crippen molar-refractivity contribution >= 4 is 24.2 Å². The average molecular weight is 360 g/mol. The third kappa shape index (κ3) is 3.70. The van der Waals surface area contributed by atoms with Gasteiger partial charge in [0.1, 0.15) is 17.4 Å². The topological polar surface area (TPSA) is 99.6 Å². The van der Waals surface area contributed by atoms with Crippen LogP contribution in [0.2, 0.25) is 0 Å². The molecule has 0 radical (unpaired) electrons. The minimum absolute atomic E-state index is 0.183.